The van der Waals surface area contributed by atoms with Crippen LogP contribution in [0.3, 0.4) is 0 Å². The minimum absolute atomic E-state index is 0.102. The van der Waals surface area contributed by atoms with Crippen LogP contribution in [0.4, 0.5) is 0 Å². The Balaban J connectivity index is 3.61. The van der Waals surface area contributed by atoms with Crippen LogP contribution in [-0.4, -0.2) is 18.1 Å². The number of hydrogen-bond acceptors (Lipinski definition) is 3. The summed E-state index contributed by atoms with van der Waals surface area (Å²) in [5.74, 6) is 0.279. The molecule has 0 amide bonds. The van der Waals surface area contributed by atoms with Crippen molar-refractivity contribution in [1.29, 1.82) is 0 Å². The summed E-state index contributed by atoms with van der Waals surface area (Å²) in [6.07, 6.45) is 12.6. The summed E-state index contributed by atoms with van der Waals surface area (Å²) in [4.78, 5) is 23.4. The Morgan fingerprint density at radius 3 is 2.00 bits per heavy atom. The van der Waals surface area contributed by atoms with Crippen LogP contribution in [0.5, 0.6) is 0 Å². The van der Waals surface area contributed by atoms with E-state index >= 15 is 0 Å². The fourth-order valence-electron chi connectivity index (χ4n) is 2.65. The molecule has 0 fully saturated rings. The quantitative estimate of drug-likeness (QED) is 0.455. The number of carbonyl (C=O) groups excluding carboxylic acids is 2. The van der Waals surface area contributed by atoms with E-state index in [2.05, 4.69) is 6.92 Å². The molecule has 124 valence electrons. The minimum Gasteiger partial charge on any atom is -0.330 e. The van der Waals surface area contributed by atoms with E-state index in [1.54, 1.807) is 6.92 Å². The maximum atomic E-state index is 11.9. The molecule has 0 saturated carbocycles. The molecule has 3 nitrogen and oxygen atoms in total. The van der Waals surface area contributed by atoms with E-state index in [9.17, 15) is 9.59 Å². The lowest BCUT2D eigenvalue weighted by Gasteiger charge is -2.12. The maximum Gasteiger partial charge on any atom is 0.133 e. The zero-order valence-electron chi connectivity index (χ0n) is 14.2. The molecule has 0 aromatic rings. The average molecular weight is 297 g/mol. The van der Waals surface area contributed by atoms with Gasteiger partial charge in [0.1, 0.15) is 11.6 Å². The second kappa shape index (κ2) is 14.2. The van der Waals surface area contributed by atoms with E-state index in [0.717, 1.165) is 25.7 Å². The predicted molar refractivity (Wildman–Crippen MR) is 89.3 cm³/mol. The van der Waals surface area contributed by atoms with E-state index in [4.69, 9.17) is 5.73 Å². The fraction of sp³-hybridized carbons (Fsp3) is 0.889. The van der Waals surface area contributed by atoms with Gasteiger partial charge < -0.3 is 5.73 Å². The fourth-order valence-corrected chi connectivity index (χ4v) is 2.65. The average Bonchev–Trinajstić information content (AvgIpc) is 2.46. The third kappa shape index (κ3) is 12.7. The van der Waals surface area contributed by atoms with Crippen LogP contribution >= 0.6 is 0 Å². The van der Waals surface area contributed by atoms with Crippen molar-refractivity contribution < 1.29 is 9.59 Å². The molecular weight excluding hydrogens is 262 g/mol. The Morgan fingerprint density at radius 2 is 1.48 bits per heavy atom. The normalized spacial score (nSPS) is 12.3. The smallest absolute Gasteiger partial charge is 0.133 e. The third-order valence-corrected chi connectivity index (χ3v) is 4.11. The van der Waals surface area contributed by atoms with Crippen molar-refractivity contribution in [3.05, 3.63) is 0 Å². The Hall–Kier alpha value is -0.700. The van der Waals surface area contributed by atoms with Gasteiger partial charge in [0.15, 0.2) is 0 Å². The molecular formula is C18H35NO2. The number of carbonyl (C=O) groups is 2. The summed E-state index contributed by atoms with van der Waals surface area (Å²) < 4.78 is 0. The molecule has 3 heteroatoms. The Kier molecular flexibility index (Phi) is 13.8. The second-order valence-electron chi connectivity index (χ2n) is 6.21. The molecule has 1 atom stereocenters. The van der Waals surface area contributed by atoms with Crippen LogP contribution in [0.1, 0.15) is 90.9 Å². The first-order chi connectivity index (χ1) is 10.1. The first kappa shape index (κ1) is 20.3. The highest BCUT2D eigenvalue weighted by Gasteiger charge is 2.17. The monoisotopic (exact) mass is 297 g/mol. The van der Waals surface area contributed by atoms with Gasteiger partial charge in [0.2, 0.25) is 0 Å². The molecule has 0 rings (SSSR count). The Bertz CT molecular complexity index is 276. The van der Waals surface area contributed by atoms with Crippen LogP contribution in [0, 0.1) is 5.92 Å². The summed E-state index contributed by atoms with van der Waals surface area (Å²) in [6.45, 7) is 4.41. The SMILES string of the molecule is CCCCCCCCCCC(=O)CC(CCCN)C(C)=O. The molecule has 0 aliphatic rings. The molecule has 0 aromatic heterocycles. The first-order valence-electron chi connectivity index (χ1n) is 8.84. The van der Waals surface area contributed by atoms with E-state index in [-0.39, 0.29) is 17.5 Å². The van der Waals surface area contributed by atoms with Gasteiger partial charge in [0, 0.05) is 18.8 Å². The molecule has 21 heavy (non-hydrogen) atoms. The molecule has 0 spiro atoms. The predicted octanol–water partition coefficient (Wildman–Crippen LogP) is 4.42. The summed E-state index contributed by atoms with van der Waals surface area (Å²) in [7, 11) is 0. The third-order valence-electron chi connectivity index (χ3n) is 4.11. The van der Waals surface area contributed by atoms with Gasteiger partial charge in [-0.2, -0.15) is 0 Å². The van der Waals surface area contributed by atoms with Gasteiger partial charge in [-0.25, -0.2) is 0 Å². The number of Topliss-reactive ketones (excluding diaryl/α,β-unsaturated/α-hetero) is 2. The van der Waals surface area contributed by atoms with E-state index in [1.807, 2.05) is 0 Å². The second-order valence-corrected chi connectivity index (χ2v) is 6.21. The summed E-state index contributed by atoms with van der Waals surface area (Å²) in [5.41, 5.74) is 5.47. The topological polar surface area (TPSA) is 60.2 Å². The standard InChI is InChI=1S/C18H35NO2/c1-3-4-5-6-7-8-9-10-13-18(21)15-17(16(2)20)12-11-14-19/h17H,3-15,19H2,1-2H3. The summed E-state index contributed by atoms with van der Waals surface area (Å²) >= 11 is 0. The van der Waals surface area contributed by atoms with Gasteiger partial charge >= 0.3 is 0 Å². The van der Waals surface area contributed by atoms with E-state index in [0.29, 0.717) is 19.4 Å². The molecule has 0 radical (unpaired) electrons. The van der Waals surface area contributed by atoms with Crippen molar-refractivity contribution in [2.45, 2.75) is 90.9 Å². The molecule has 0 heterocycles. The number of rotatable bonds is 15. The van der Waals surface area contributed by atoms with Crippen molar-refractivity contribution in [1.82, 2.24) is 0 Å². The maximum absolute atomic E-state index is 11.9. The molecule has 0 aliphatic carbocycles. The molecule has 2 N–H and O–H groups in total. The molecule has 0 bridgehead atoms. The van der Waals surface area contributed by atoms with Gasteiger partial charge in [-0.1, -0.05) is 51.9 Å². The van der Waals surface area contributed by atoms with Crippen molar-refractivity contribution in [2.75, 3.05) is 6.54 Å². The van der Waals surface area contributed by atoms with Gasteiger partial charge in [-0.15, -0.1) is 0 Å². The number of hydrogen-bond donors (Lipinski definition) is 1. The highest BCUT2D eigenvalue weighted by atomic mass is 16.1. The van der Waals surface area contributed by atoms with Crippen molar-refractivity contribution in [3.8, 4) is 0 Å². The largest absolute Gasteiger partial charge is 0.330 e. The summed E-state index contributed by atoms with van der Waals surface area (Å²) in [5, 5.41) is 0. The number of ketones is 2. The van der Waals surface area contributed by atoms with Crippen LogP contribution in [0.15, 0.2) is 0 Å². The van der Waals surface area contributed by atoms with Gasteiger partial charge in [-0.05, 0) is 32.7 Å². The van der Waals surface area contributed by atoms with E-state index < -0.39 is 0 Å². The lowest BCUT2D eigenvalue weighted by Crippen LogP contribution is -2.17. The van der Waals surface area contributed by atoms with Crippen molar-refractivity contribution in [2.24, 2.45) is 11.7 Å². The number of unbranched alkanes of at least 4 members (excludes halogenated alkanes) is 7. The Morgan fingerprint density at radius 1 is 0.905 bits per heavy atom. The van der Waals surface area contributed by atoms with Crippen LogP contribution in [0.2, 0.25) is 0 Å². The molecule has 0 aromatic carbocycles. The molecule has 0 saturated heterocycles. The number of nitrogens with two attached hydrogens (primary N) is 1. The highest BCUT2D eigenvalue weighted by Crippen LogP contribution is 2.16. The van der Waals surface area contributed by atoms with Gasteiger partial charge in [-0.3, -0.25) is 9.59 Å². The zero-order valence-corrected chi connectivity index (χ0v) is 14.2. The van der Waals surface area contributed by atoms with Crippen LogP contribution in [-0.2, 0) is 9.59 Å². The van der Waals surface area contributed by atoms with E-state index in [1.165, 1.54) is 38.5 Å². The highest BCUT2D eigenvalue weighted by molar-refractivity contribution is 5.86. The Labute approximate surface area is 131 Å². The zero-order chi connectivity index (χ0) is 15.9. The van der Waals surface area contributed by atoms with Gasteiger partial charge in [0.25, 0.3) is 0 Å². The lowest BCUT2D eigenvalue weighted by molar-refractivity contribution is -0.127. The minimum atomic E-state index is -0.102. The van der Waals surface area contributed by atoms with Crippen LogP contribution in [0.25, 0.3) is 0 Å². The van der Waals surface area contributed by atoms with Crippen LogP contribution < -0.4 is 5.73 Å². The van der Waals surface area contributed by atoms with Gasteiger partial charge in [0.05, 0.1) is 0 Å². The lowest BCUT2D eigenvalue weighted by atomic mass is 9.92. The summed E-state index contributed by atoms with van der Waals surface area (Å²) in [6, 6.07) is 0. The molecule has 0 aliphatic heterocycles. The van der Waals surface area contributed by atoms with Crippen molar-refractivity contribution >= 4 is 11.6 Å². The first-order valence-corrected chi connectivity index (χ1v) is 8.84. The van der Waals surface area contributed by atoms with Crippen molar-refractivity contribution in [3.63, 3.8) is 0 Å². The molecule has 1 unspecified atom stereocenters.